The van der Waals surface area contributed by atoms with E-state index >= 15 is 0 Å². The van der Waals surface area contributed by atoms with E-state index in [1.54, 1.807) is 13.1 Å². The second-order valence-electron chi connectivity index (χ2n) is 7.47. The fourth-order valence-electron chi connectivity index (χ4n) is 4.70. The molecule has 0 amide bonds. The number of nitrogens with two attached hydrogens (primary N) is 1. The summed E-state index contributed by atoms with van der Waals surface area (Å²) < 4.78 is 14.0. The van der Waals surface area contributed by atoms with Crippen LogP contribution in [0.4, 0.5) is 4.39 Å². The molecule has 132 valence electrons. The molecule has 0 fully saturated rings. The summed E-state index contributed by atoms with van der Waals surface area (Å²) in [6.45, 7) is 6.13. The summed E-state index contributed by atoms with van der Waals surface area (Å²) in [5.41, 5.74) is 9.50. The molecule has 0 saturated heterocycles. The summed E-state index contributed by atoms with van der Waals surface area (Å²) in [7, 11) is 1.76. The number of rotatable bonds is 1. The predicted octanol–water partition coefficient (Wildman–Crippen LogP) is 3.79. The highest BCUT2D eigenvalue weighted by atomic mass is 19.1. The predicted molar refractivity (Wildman–Crippen MR) is 96.1 cm³/mol. The number of allylic oxidation sites excluding steroid dienone is 3. The first-order chi connectivity index (χ1) is 11.9. The molecule has 2 unspecified atom stereocenters. The van der Waals surface area contributed by atoms with Gasteiger partial charge in [0.15, 0.2) is 0 Å². The average Bonchev–Trinajstić information content (AvgIpc) is 2.94. The Labute approximate surface area is 147 Å². The monoisotopic (exact) mass is 341 g/mol. The van der Waals surface area contributed by atoms with Gasteiger partial charge in [-0.2, -0.15) is 0 Å². The van der Waals surface area contributed by atoms with Crippen molar-refractivity contribution in [3.8, 4) is 0 Å². The average molecular weight is 341 g/mol. The molecular formula is C20H24FN3O. The fourth-order valence-corrected chi connectivity index (χ4v) is 4.70. The summed E-state index contributed by atoms with van der Waals surface area (Å²) >= 11 is 0. The van der Waals surface area contributed by atoms with E-state index in [9.17, 15) is 4.39 Å². The first-order valence-corrected chi connectivity index (χ1v) is 8.79. The molecule has 0 radical (unpaired) electrons. The molecule has 2 aliphatic carbocycles. The van der Waals surface area contributed by atoms with E-state index in [0.717, 1.165) is 43.2 Å². The highest BCUT2D eigenvalue weighted by Gasteiger charge is 2.62. The summed E-state index contributed by atoms with van der Waals surface area (Å²) in [4.78, 5) is 11.0. The van der Waals surface area contributed by atoms with E-state index < -0.39 is 5.72 Å². The Kier molecular flexibility index (Phi) is 3.55. The minimum atomic E-state index is -0.930. The number of nitrogens with zero attached hydrogens (tertiary/aromatic N) is 2. The molecule has 5 heteroatoms. The van der Waals surface area contributed by atoms with Gasteiger partial charge in [-0.25, -0.2) is 19.3 Å². The molecule has 4 rings (SSSR count). The zero-order chi connectivity index (χ0) is 17.8. The Balaban J connectivity index is 1.85. The van der Waals surface area contributed by atoms with Gasteiger partial charge in [-0.3, -0.25) is 0 Å². The Morgan fingerprint density at radius 1 is 1.36 bits per heavy atom. The molecule has 4 nitrogen and oxygen atoms in total. The Morgan fingerprint density at radius 2 is 2.12 bits per heavy atom. The van der Waals surface area contributed by atoms with Crippen molar-refractivity contribution in [2.45, 2.75) is 44.8 Å². The maximum Gasteiger partial charge on any atom is 0.220 e. The summed E-state index contributed by atoms with van der Waals surface area (Å²) in [6.07, 6.45) is 6.51. The van der Waals surface area contributed by atoms with Crippen LogP contribution in [0.25, 0.3) is 0 Å². The van der Waals surface area contributed by atoms with Crippen LogP contribution in [0.3, 0.4) is 0 Å². The van der Waals surface area contributed by atoms with Crippen LogP contribution in [0.15, 0.2) is 47.0 Å². The minimum Gasteiger partial charge on any atom is -0.368 e. The van der Waals surface area contributed by atoms with Crippen LogP contribution >= 0.6 is 0 Å². The molecule has 1 aliphatic heterocycles. The van der Waals surface area contributed by atoms with Gasteiger partial charge in [-0.1, -0.05) is 24.3 Å². The zero-order valence-corrected chi connectivity index (χ0v) is 14.8. The van der Waals surface area contributed by atoms with Crippen molar-refractivity contribution in [3.63, 3.8) is 0 Å². The first-order valence-electron chi connectivity index (χ1n) is 8.79. The van der Waals surface area contributed by atoms with Gasteiger partial charge in [0.1, 0.15) is 5.82 Å². The third-order valence-corrected chi connectivity index (χ3v) is 6.19. The van der Waals surface area contributed by atoms with Crippen LogP contribution in [0.1, 0.15) is 43.7 Å². The number of guanidine groups is 1. The lowest BCUT2D eigenvalue weighted by molar-refractivity contribution is -0.224. The largest absolute Gasteiger partial charge is 0.368 e. The zero-order valence-electron chi connectivity index (χ0n) is 14.8. The van der Waals surface area contributed by atoms with Gasteiger partial charge >= 0.3 is 0 Å². The summed E-state index contributed by atoms with van der Waals surface area (Å²) in [5.74, 6) is 0.0752. The highest BCUT2D eigenvalue weighted by molar-refractivity contribution is 5.79. The van der Waals surface area contributed by atoms with Crippen molar-refractivity contribution in [3.05, 3.63) is 58.9 Å². The summed E-state index contributed by atoms with van der Waals surface area (Å²) in [6, 6.07) is 4.96. The number of hydrogen-bond acceptors (Lipinski definition) is 4. The fraction of sp³-hybridized carbons (Fsp3) is 0.450. The van der Waals surface area contributed by atoms with Crippen LogP contribution in [0, 0.1) is 11.2 Å². The van der Waals surface area contributed by atoms with Crippen LogP contribution in [-0.2, 0) is 17.0 Å². The SMILES string of the molecule is C=CC1=C(C)CCC2(CC1)Cc1ccc(F)cc1C21N=C(N)N(C)O1. The van der Waals surface area contributed by atoms with Gasteiger partial charge in [0.05, 0.1) is 0 Å². The van der Waals surface area contributed by atoms with Gasteiger partial charge in [0.2, 0.25) is 11.7 Å². The molecule has 0 bridgehead atoms. The van der Waals surface area contributed by atoms with E-state index in [2.05, 4.69) is 13.5 Å². The van der Waals surface area contributed by atoms with Crippen molar-refractivity contribution in [1.29, 1.82) is 0 Å². The lowest BCUT2D eigenvalue weighted by atomic mass is 9.71. The Morgan fingerprint density at radius 3 is 2.80 bits per heavy atom. The number of fused-ring (bicyclic) bond motifs is 3. The van der Waals surface area contributed by atoms with Crippen molar-refractivity contribution < 1.29 is 9.23 Å². The van der Waals surface area contributed by atoms with Crippen LogP contribution < -0.4 is 5.73 Å². The third-order valence-electron chi connectivity index (χ3n) is 6.19. The van der Waals surface area contributed by atoms with Crippen molar-refractivity contribution in [2.75, 3.05) is 7.05 Å². The van der Waals surface area contributed by atoms with E-state index in [4.69, 9.17) is 15.6 Å². The van der Waals surface area contributed by atoms with Crippen LogP contribution in [0.5, 0.6) is 0 Å². The molecule has 2 spiro atoms. The topological polar surface area (TPSA) is 50.8 Å². The van der Waals surface area contributed by atoms with Crippen molar-refractivity contribution in [2.24, 2.45) is 16.1 Å². The molecule has 1 heterocycles. The Bertz CT molecular complexity index is 815. The number of halogens is 1. The first kappa shape index (κ1) is 16.3. The normalized spacial score (nSPS) is 31.5. The number of benzene rings is 1. The third kappa shape index (κ3) is 2.18. The molecule has 1 aromatic carbocycles. The lowest BCUT2D eigenvalue weighted by Gasteiger charge is -2.40. The van der Waals surface area contributed by atoms with Gasteiger partial charge in [0, 0.05) is 18.0 Å². The molecule has 0 aromatic heterocycles. The minimum absolute atomic E-state index is 0.232. The van der Waals surface area contributed by atoms with E-state index in [1.165, 1.54) is 22.3 Å². The molecule has 25 heavy (non-hydrogen) atoms. The number of hydroxylamine groups is 2. The van der Waals surface area contributed by atoms with Gasteiger partial charge in [-0.15, -0.1) is 0 Å². The Hall–Kier alpha value is -2.14. The number of hydrogen-bond donors (Lipinski definition) is 1. The lowest BCUT2D eigenvalue weighted by Crippen LogP contribution is -2.43. The van der Waals surface area contributed by atoms with E-state index in [1.807, 2.05) is 12.1 Å². The van der Waals surface area contributed by atoms with Crippen LogP contribution in [0.2, 0.25) is 0 Å². The second-order valence-corrected chi connectivity index (χ2v) is 7.47. The van der Waals surface area contributed by atoms with Gasteiger partial charge in [-0.05, 0) is 62.3 Å². The van der Waals surface area contributed by atoms with Gasteiger partial charge < -0.3 is 5.73 Å². The molecule has 1 aromatic rings. The van der Waals surface area contributed by atoms with Gasteiger partial charge in [0.25, 0.3) is 0 Å². The smallest absolute Gasteiger partial charge is 0.220 e. The molecule has 0 saturated carbocycles. The summed E-state index contributed by atoms with van der Waals surface area (Å²) in [5, 5.41) is 1.52. The molecule has 2 N–H and O–H groups in total. The van der Waals surface area contributed by atoms with Crippen molar-refractivity contribution in [1.82, 2.24) is 5.06 Å². The standard InChI is InChI=1S/C20H24FN3O/c1-4-14-8-10-19(9-7-13(14)2)12-15-5-6-16(21)11-17(15)20(19)23-18(22)24(3)25-20/h4-6,11H,1,7-10,12H2,2-3H3,(H2,22,23). The highest BCUT2D eigenvalue weighted by Crippen LogP contribution is 2.61. The molecule has 3 aliphatic rings. The van der Waals surface area contributed by atoms with E-state index in [-0.39, 0.29) is 11.2 Å². The van der Waals surface area contributed by atoms with Crippen molar-refractivity contribution >= 4 is 5.96 Å². The number of aliphatic imine (C=N–C) groups is 1. The molecular weight excluding hydrogens is 317 g/mol. The maximum absolute atomic E-state index is 14.0. The second kappa shape index (κ2) is 5.43. The quantitative estimate of drug-likeness (QED) is 0.845. The van der Waals surface area contributed by atoms with E-state index in [0.29, 0.717) is 5.96 Å². The van der Waals surface area contributed by atoms with Crippen LogP contribution in [-0.4, -0.2) is 18.1 Å². The molecule has 2 atom stereocenters. The maximum atomic E-state index is 14.0.